The van der Waals surface area contributed by atoms with Gasteiger partial charge < -0.3 is 10.4 Å². The third-order valence-electron chi connectivity index (χ3n) is 3.68. The van der Waals surface area contributed by atoms with Crippen LogP contribution in [-0.4, -0.2) is 26.4 Å². The van der Waals surface area contributed by atoms with Crippen molar-refractivity contribution in [3.05, 3.63) is 65.2 Å². The Labute approximate surface area is 143 Å². The molecule has 2 atom stereocenters. The predicted molar refractivity (Wildman–Crippen MR) is 94.5 cm³/mol. The van der Waals surface area contributed by atoms with E-state index in [1.165, 1.54) is 12.1 Å². The number of nitrogens with one attached hydrogen (secondary N) is 1. The fourth-order valence-electron chi connectivity index (χ4n) is 2.10. The van der Waals surface area contributed by atoms with Gasteiger partial charge in [0.05, 0.1) is 5.56 Å². The zero-order valence-corrected chi connectivity index (χ0v) is 14.3. The van der Waals surface area contributed by atoms with E-state index in [2.05, 4.69) is 5.32 Å². The summed E-state index contributed by atoms with van der Waals surface area (Å²) in [5.74, 6) is -1.11. The van der Waals surface area contributed by atoms with Crippen molar-refractivity contribution in [2.75, 3.05) is 5.32 Å². The summed E-state index contributed by atoms with van der Waals surface area (Å²) in [5, 5.41) is 11.0. The van der Waals surface area contributed by atoms with Gasteiger partial charge in [-0.3, -0.25) is 9.00 Å². The first-order valence-corrected chi connectivity index (χ1v) is 8.82. The molecule has 2 aromatic carbocycles. The predicted octanol–water partition coefficient (Wildman–Crippen LogP) is 2.97. The fraction of sp³-hybridized carbons (Fsp3) is 0.222. The lowest BCUT2D eigenvalue weighted by Crippen LogP contribution is -2.30. The van der Waals surface area contributed by atoms with Crippen LogP contribution in [0.15, 0.2) is 48.5 Å². The van der Waals surface area contributed by atoms with E-state index in [0.29, 0.717) is 5.69 Å². The molecule has 0 fully saturated rings. The minimum atomic E-state index is -1.40. The van der Waals surface area contributed by atoms with Crippen LogP contribution < -0.4 is 5.32 Å². The first-order valence-electron chi connectivity index (χ1n) is 7.44. The zero-order chi connectivity index (χ0) is 17.7. The van der Waals surface area contributed by atoms with Gasteiger partial charge in [-0.2, -0.15) is 0 Å². The fourth-order valence-corrected chi connectivity index (χ4v) is 3.17. The van der Waals surface area contributed by atoms with Crippen molar-refractivity contribution in [1.29, 1.82) is 0 Å². The third kappa shape index (κ3) is 4.52. The van der Waals surface area contributed by atoms with Crippen molar-refractivity contribution in [3.63, 3.8) is 0 Å². The maximum Gasteiger partial charge on any atom is 0.335 e. The average Bonchev–Trinajstić information content (AvgIpc) is 2.56. The lowest BCUT2D eigenvalue weighted by molar-refractivity contribution is -0.115. The van der Waals surface area contributed by atoms with Gasteiger partial charge in [0.1, 0.15) is 5.25 Å². The third-order valence-corrected chi connectivity index (χ3v) is 5.30. The van der Waals surface area contributed by atoms with Crippen molar-refractivity contribution in [2.24, 2.45) is 0 Å². The second kappa shape index (κ2) is 7.88. The molecular formula is C18H19NO4S. The maximum absolute atomic E-state index is 12.4. The van der Waals surface area contributed by atoms with Crippen molar-refractivity contribution in [3.8, 4) is 0 Å². The maximum atomic E-state index is 12.4. The number of hydrogen-bond donors (Lipinski definition) is 2. The van der Waals surface area contributed by atoms with Crippen LogP contribution in [0.25, 0.3) is 0 Å². The van der Waals surface area contributed by atoms with E-state index < -0.39 is 22.0 Å². The molecule has 2 aromatic rings. The van der Waals surface area contributed by atoms with Gasteiger partial charge in [0.15, 0.2) is 0 Å². The van der Waals surface area contributed by atoms with Crippen LogP contribution in [0, 0.1) is 6.92 Å². The van der Waals surface area contributed by atoms with E-state index in [1.54, 1.807) is 25.1 Å². The molecule has 0 aromatic heterocycles. The summed E-state index contributed by atoms with van der Waals surface area (Å²) in [7, 11) is -1.40. The standard InChI is InChI=1S/C18H19NO4S/c1-12-5-3-4-6-16(12)19-17(20)13(2)24(23)11-14-7-9-15(10-8-14)18(21)22/h3-10,13H,11H2,1-2H3,(H,19,20)(H,21,22). The Kier molecular flexibility index (Phi) is 5.87. The Morgan fingerprint density at radius 1 is 1.12 bits per heavy atom. The van der Waals surface area contributed by atoms with Gasteiger partial charge in [-0.05, 0) is 43.2 Å². The molecule has 0 spiro atoms. The first kappa shape index (κ1) is 17.9. The summed E-state index contributed by atoms with van der Waals surface area (Å²) in [6, 6.07) is 13.6. The molecule has 126 valence electrons. The summed E-state index contributed by atoms with van der Waals surface area (Å²) in [5.41, 5.74) is 2.55. The Hall–Kier alpha value is -2.47. The molecule has 0 heterocycles. The number of carbonyl (C=O) groups excluding carboxylic acids is 1. The number of aryl methyl sites for hydroxylation is 1. The minimum Gasteiger partial charge on any atom is -0.478 e. The lowest BCUT2D eigenvalue weighted by Gasteiger charge is -2.13. The van der Waals surface area contributed by atoms with Crippen LogP contribution in [0.4, 0.5) is 5.69 Å². The molecule has 0 aliphatic rings. The summed E-state index contributed by atoms with van der Waals surface area (Å²) >= 11 is 0. The molecule has 5 nitrogen and oxygen atoms in total. The SMILES string of the molecule is Cc1ccccc1NC(=O)C(C)S(=O)Cc1ccc(C(=O)O)cc1. The number of carbonyl (C=O) groups is 2. The Morgan fingerprint density at radius 3 is 2.33 bits per heavy atom. The number of aromatic carboxylic acids is 1. The van der Waals surface area contributed by atoms with E-state index in [9.17, 15) is 13.8 Å². The molecule has 2 rings (SSSR count). The number of para-hydroxylation sites is 1. The molecule has 24 heavy (non-hydrogen) atoms. The molecule has 0 bridgehead atoms. The number of carboxylic acids is 1. The van der Waals surface area contributed by atoms with Gasteiger partial charge in [0.25, 0.3) is 0 Å². The van der Waals surface area contributed by atoms with E-state index in [-0.39, 0.29) is 17.2 Å². The Balaban J connectivity index is 1.99. The molecule has 0 saturated heterocycles. The molecule has 0 saturated carbocycles. The van der Waals surface area contributed by atoms with Gasteiger partial charge in [-0.15, -0.1) is 0 Å². The van der Waals surface area contributed by atoms with Gasteiger partial charge in [-0.1, -0.05) is 30.3 Å². The van der Waals surface area contributed by atoms with Crippen molar-refractivity contribution in [1.82, 2.24) is 0 Å². The van der Waals surface area contributed by atoms with Crippen LogP contribution in [0.3, 0.4) is 0 Å². The van der Waals surface area contributed by atoms with Crippen molar-refractivity contribution in [2.45, 2.75) is 24.9 Å². The highest BCUT2D eigenvalue weighted by molar-refractivity contribution is 7.85. The molecule has 0 aliphatic heterocycles. The highest BCUT2D eigenvalue weighted by atomic mass is 32.2. The van der Waals surface area contributed by atoms with E-state index >= 15 is 0 Å². The largest absolute Gasteiger partial charge is 0.478 e. The lowest BCUT2D eigenvalue weighted by atomic mass is 10.1. The van der Waals surface area contributed by atoms with Gasteiger partial charge in [0, 0.05) is 22.2 Å². The van der Waals surface area contributed by atoms with Crippen LogP contribution in [0.5, 0.6) is 0 Å². The van der Waals surface area contributed by atoms with E-state index in [0.717, 1.165) is 11.1 Å². The number of rotatable bonds is 6. The molecular weight excluding hydrogens is 326 g/mol. The molecule has 6 heteroatoms. The topological polar surface area (TPSA) is 83.5 Å². The van der Waals surface area contributed by atoms with Crippen LogP contribution in [-0.2, 0) is 21.3 Å². The summed E-state index contributed by atoms with van der Waals surface area (Å²) < 4.78 is 12.4. The monoisotopic (exact) mass is 345 g/mol. The number of anilines is 1. The minimum absolute atomic E-state index is 0.176. The highest BCUT2D eigenvalue weighted by Crippen LogP contribution is 2.15. The second-order valence-corrected chi connectivity index (χ2v) is 7.23. The molecule has 1 amide bonds. The number of hydrogen-bond acceptors (Lipinski definition) is 3. The van der Waals surface area contributed by atoms with Crippen molar-refractivity contribution < 1.29 is 18.9 Å². The van der Waals surface area contributed by atoms with E-state index in [4.69, 9.17) is 5.11 Å². The molecule has 2 unspecified atom stereocenters. The van der Waals surface area contributed by atoms with Gasteiger partial charge >= 0.3 is 5.97 Å². The summed E-state index contributed by atoms with van der Waals surface area (Å²) in [6.45, 7) is 3.51. The van der Waals surface area contributed by atoms with Gasteiger partial charge in [-0.25, -0.2) is 4.79 Å². The Bertz CT molecular complexity index is 771. The van der Waals surface area contributed by atoms with Crippen LogP contribution in [0.2, 0.25) is 0 Å². The van der Waals surface area contributed by atoms with Crippen LogP contribution in [0.1, 0.15) is 28.4 Å². The molecule has 2 N–H and O–H groups in total. The quantitative estimate of drug-likeness (QED) is 0.843. The molecule has 0 aliphatic carbocycles. The highest BCUT2D eigenvalue weighted by Gasteiger charge is 2.20. The second-order valence-electron chi connectivity index (χ2n) is 5.47. The first-order chi connectivity index (χ1) is 11.4. The number of amides is 1. The smallest absolute Gasteiger partial charge is 0.335 e. The Morgan fingerprint density at radius 2 is 1.75 bits per heavy atom. The van der Waals surface area contributed by atoms with Crippen molar-refractivity contribution >= 4 is 28.4 Å². The summed E-state index contributed by atoms with van der Waals surface area (Å²) in [4.78, 5) is 23.1. The normalized spacial score (nSPS) is 13.1. The van der Waals surface area contributed by atoms with E-state index in [1.807, 2.05) is 25.1 Å². The number of benzene rings is 2. The average molecular weight is 345 g/mol. The zero-order valence-electron chi connectivity index (χ0n) is 13.5. The van der Waals surface area contributed by atoms with Gasteiger partial charge in [0.2, 0.25) is 5.91 Å². The molecule has 0 radical (unpaired) electrons. The number of carboxylic acid groups (broad SMARTS) is 1. The summed E-state index contributed by atoms with van der Waals surface area (Å²) in [6.07, 6.45) is 0. The van der Waals surface area contributed by atoms with Crippen LogP contribution >= 0.6 is 0 Å².